The summed E-state index contributed by atoms with van der Waals surface area (Å²) < 4.78 is 0. The number of anilines is 2. The van der Waals surface area contributed by atoms with Crippen LogP contribution in [0.4, 0.5) is 10.7 Å². The van der Waals surface area contributed by atoms with Crippen molar-refractivity contribution in [2.45, 2.75) is 43.5 Å². The predicted molar refractivity (Wildman–Crippen MR) is 91.6 cm³/mol. The summed E-state index contributed by atoms with van der Waals surface area (Å²) in [6.07, 6.45) is 6.90. The molecule has 4 nitrogen and oxygen atoms in total. The van der Waals surface area contributed by atoms with Gasteiger partial charge in [0.15, 0.2) is 0 Å². The maximum atomic E-state index is 12.3. The van der Waals surface area contributed by atoms with Crippen LogP contribution in [-0.4, -0.2) is 31.3 Å². The topological polar surface area (TPSA) is 58.4 Å². The van der Waals surface area contributed by atoms with Crippen molar-refractivity contribution in [3.8, 4) is 0 Å². The Hall–Kier alpha value is -0.880. The third kappa shape index (κ3) is 3.31. The summed E-state index contributed by atoms with van der Waals surface area (Å²) in [6.45, 7) is 4.23. The first-order valence-corrected chi connectivity index (χ1v) is 9.70. The van der Waals surface area contributed by atoms with Crippen molar-refractivity contribution in [3.05, 3.63) is 4.88 Å². The summed E-state index contributed by atoms with van der Waals surface area (Å²) in [5.41, 5.74) is 6.91. The third-order valence-corrected chi connectivity index (χ3v) is 6.27. The third-order valence-electron chi connectivity index (χ3n) is 4.05. The average molecular weight is 326 g/mol. The van der Waals surface area contributed by atoms with Gasteiger partial charge in [0.05, 0.1) is 10.6 Å². The zero-order chi connectivity index (χ0) is 15.0. The Morgan fingerprint density at radius 2 is 2.14 bits per heavy atom. The van der Waals surface area contributed by atoms with E-state index in [1.54, 1.807) is 23.1 Å². The van der Waals surface area contributed by atoms with Gasteiger partial charge >= 0.3 is 0 Å². The van der Waals surface area contributed by atoms with Crippen LogP contribution in [0.2, 0.25) is 0 Å². The fourth-order valence-corrected chi connectivity index (χ4v) is 4.59. The van der Waals surface area contributed by atoms with Crippen molar-refractivity contribution < 1.29 is 4.79 Å². The number of amides is 1. The summed E-state index contributed by atoms with van der Waals surface area (Å²) in [6, 6.07) is 0.369. The quantitative estimate of drug-likeness (QED) is 0.756. The van der Waals surface area contributed by atoms with E-state index in [-0.39, 0.29) is 5.91 Å². The molecule has 0 bridgehead atoms. The second kappa shape index (κ2) is 6.08. The fourth-order valence-electron chi connectivity index (χ4n) is 2.44. The van der Waals surface area contributed by atoms with Gasteiger partial charge in [-0.25, -0.2) is 0 Å². The molecule has 0 aliphatic heterocycles. The number of thiophene rings is 1. The van der Waals surface area contributed by atoms with E-state index >= 15 is 0 Å². The number of rotatable bonds is 7. The number of hydrogen-bond acceptors (Lipinski definition) is 5. The van der Waals surface area contributed by atoms with Gasteiger partial charge < -0.3 is 16.0 Å². The van der Waals surface area contributed by atoms with E-state index in [0.717, 1.165) is 36.7 Å². The normalized spacial score (nSPS) is 17.8. The molecule has 1 aromatic rings. The van der Waals surface area contributed by atoms with Crippen LogP contribution >= 0.6 is 23.1 Å². The van der Waals surface area contributed by atoms with E-state index in [1.807, 2.05) is 6.26 Å². The molecule has 1 heterocycles. The molecule has 2 saturated carbocycles. The number of hydrogen-bond donors (Lipinski definition) is 2. The van der Waals surface area contributed by atoms with Crippen molar-refractivity contribution in [3.63, 3.8) is 0 Å². The van der Waals surface area contributed by atoms with Gasteiger partial charge in [-0.2, -0.15) is 0 Å². The number of thioether (sulfide) groups is 1. The summed E-state index contributed by atoms with van der Waals surface area (Å²) in [7, 11) is 0. The van der Waals surface area contributed by atoms with Crippen LogP contribution in [0.25, 0.3) is 0 Å². The highest BCUT2D eigenvalue weighted by Crippen LogP contribution is 2.45. The molecule has 116 valence electrons. The van der Waals surface area contributed by atoms with Gasteiger partial charge in [0.25, 0.3) is 5.91 Å². The molecule has 2 fully saturated rings. The molecule has 0 atom stereocenters. The lowest BCUT2D eigenvalue weighted by Crippen LogP contribution is -2.25. The fraction of sp³-hybridized carbons (Fsp3) is 0.667. The van der Waals surface area contributed by atoms with Crippen LogP contribution in [0, 0.1) is 5.92 Å². The highest BCUT2D eigenvalue weighted by Gasteiger charge is 2.30. The highest BCUT2D eigenvalue weighted by atomic mass is 32.2. The lowest BCUT2D eigenvalue weighted by atomic mass is 10.3. The molecule has 21 heavy (non-hydrogen) atoms. The lowest BCUT2D eigenvalue weighted by molar-refractivity contribution is 0.0956. The number of nitrogens with two attached hydrogens (primary N) is 1. The molecule has 3 N–H and O–H groups in total. The zero-order valence-electron chi connectivity index (χ0n) is 12.6. The van der Waals surface area contributed by atoms with E-state index in [4.69, 9.17) is 5.73 Å². The van der Waals surface area contributed by atoms with Gasteiger partial charge in [0.1, 0.15) is 9.88 Å². The van der Waals surface area contributed by atoms with Gasteiger partial charge in [-0.1, -0.05) is 0 Å². The molecule has 2 aliphatic carbocycles. The summed E-state index contributed by atoms with van der Waals surface area (Å²) in [5, 5.41) is 4.23. The van der Waals surface area contributed by atoms with Gasteiger partial charge in [-0.3, -0.25) is 4.79 Å². The first-order valence-electron chi connectivity index (χ1n) is 7.66. The van der Waals surface area contributed by atoms with Crippen LogP contribution in [0.3, 0.4) is 0 Å². The van der Waals surface area contributed by atoms with Crippen LogP contribution < -0.4 is 16.0 Å². The van der Waals surface area contributed by atoms with Crippen LogP contribution in [0.1, 0.15) is 42.3 Å². The van der Waals surface area contributed by atoms with Gasteiger partial charge in [0.2, 0.25) is 0 Å². The Balaban J connectivity index is 1.85. The maximum absolute atomic E-state index is 12.3. The maximum Gasteiger partial charge on any atom is 0.263 e. The number of nitrogen functional groups attached to an aromatic ring is 1. The minimum Gasteiger partial charge on any atom is -0.396 e. The van der Waals surface area contributed by atoms with Crippen molar-refractivity contribution in [2.24, 2.45) is 5.92 Å². The number of nitrogens with one attached hydrogen (secondary N) is 1. The highest BCUT2D eigenvalue weighted by molar-refractivity contribution is 7.99. The van der Waals surface area contributed by atoms with Crippen LogP contribution in [0.15, 0.2) is 4.90 Å². The Bertz CT molecular complexity index is 535. The molecule has 1 amide bonds. The number of nitrogens with zero attached hydrogens (tertiary/aromatic N) is 1. The lowest BCUT2D eigenvalue weighted by Gasteiger charge is -2.22. The minimum absolute atomic E-state index is 0.00373. The first-order chi connectivity index (χ1) is 10.1. The summed E-state index contributed by atoms with van der Waals surface area (Å²) >= 11 is 3.21. The van der Waals surface area contributed by atoms with E-state index < -0.39 is 0 Å². The Morgan fingerprint density at radius 1 is 1.43 bits per heavy atom. The van der Waals surface area contributed by atoms with Crippen molar-refractivity contribution in [1.29, 1.82) is 0 Å². The van der Waals surface area contributed by atoms with Gasteiger partial charge in [-0.15, -0.1) is 23.1 Å². The molecule has 6 heteroatoms. The van der Waals surface area contributed by atoms with E-state index in [0.29, 0.717) is 16.6 Å². The summed E-state index contributed by atoms with van der Waals surface area (Å²) in [5.74, 6) is 0.829. The average Bonchev–Trinajstić information content (AvgIpc) is 3.37. The molecule has 0 spiro atoms. The van der Waals surface area contributed by atoms with Crippen molar-refractivity contribution >= 4 is 39.7 Å². The van der Waals surface area contributed by atoms with E-state index in [1.165, 1.54) is 17.8 Å². The van der Waals surface area contributed by atoms with Gasteiger partial charge in [0, 0.05) is 19.1 Å². The predicted octanol–water partition coefficient (Wildman–Crippen LogP) is 3.18. The van der Waals surface area contributed by atoms with E-state index in [2.05, 4.69) is 17.1 Å². The van der Waals surface area contributed by atoms with Crippen LogP contribution in [-0.2, 0) is 0 Å². The largest absolute Gasteiger partial charge is 0.396 e. The minimum atomic E-state index is 0.00373. The molecule has 2 aliphatic rings. The second-order valence-corrected chi connectivity index (χ2v) is 7.73. The molecule has 0 radical (unpaired) electrons. The smallest absolute Gasteiger partial charge is 0.263 e. The Morgan fingerprint density at radius 3 is 2.67 bits per heavy atom. The van der Waals surface area contributed by atoms with E-state index in [9.17, 15) is 4.79 Å². The van der Waals surface area contributed by atoms with Crippen molar-refractivity contribution in [2.75, 3.05) is 30.0 Å². The molecular formula is C15H23N3OS2. The molecular weight excluding hydrogens is 302 g/mol. The molecule has 3 rings (SSSR count). The molecule has 0 unspecified atom stereocenters. The summed E-state index contributed by atoms with van der Waals surface area (Å²) in [4.78, 5) is 16.5. The molecule has 1 aromatic heterocycles. The van der Waals surface area contributed by atoms with Crippen molar-refractivity contribution in [1.82, 2.24) is 5.32 Å². The first kappa shape index (κ1) is 15.0. The van der Waals surface area contributed by atoms with Gasteiger partial charge in [-0.05, 0) is 44.8 Å². The number of carbonyl (C=O) groups is 1. The monoisotopic (exact) mass is 325 g/mol. The second-order valence-electron chi connectivity index (χ2n) is 5.91. The van der Waals surface area contributed by atoms with Crippen LogP contribution in [0.5, 0.6) is 0 Å². The zero-order valence-corrected chi connectivity index (χ0v) is 14.3. The molecule has 0 saturated heterocycles. The standard InChI is InChI=1S/C15H23N3OS2/c1-3-18(8-9-4-5-9)15-13(20-2)11(16)12(21-15)14(19)17-10-6-7-10/h9-10H,3-8,16H2,1-2H3,(H,17,19). The SMILES string of the molecule is CCN(CC1CC1)c1sc(C(=O)NC2CC2)c(N)c1SC. The Kier molecular flexibility index (Phi) is 4.36. The number of carbonyl (C=O) groups excluding carboxylic acids is 1. The Labute approximate surface area is 134 Å². The molecule has 0 aromatic carbocycles.